The van der Waals surface area contributed by atoms with Gasteiger partial charge >= 0.3 is 0 Å². The second-order valence-electron chi connectivity index (χ2n) is 4.74. The van der Waals surface area contributed by atoms with Gasteiger partial charge in [0.2, 0.25) is 5.88 Å². The fourth-order valence-corrected chi connectivity index (χ4v) is 2.40. The van der Waals surface area contributed by atoms with E-state index in [4.69, 9.17) is 33.4 Å². The number of furan rings is 1. The minimum Gasteiger partial charge on any atom is -0.444 e. The zero-order valence-electron chi connectivity index (χ0n) is 12.2. The number of hydrogen-bond acceptors (Lipinski definition) is 4. The van der Waals surface area contributed by atoms with E-state index in [1.807, 2.05) is 0 Å². The Morgan fingerprint density at radius 2 is 1.78 bits per heavy atom. The van der Waals surface area contributed by atoms with E-state index in [2.05, 4.69) is 5.32 Å². The van der Waals surface area contributed by atoms with Crippen LogP contribution >= 0.6 is 23.2 Å². The Hall–Kier alpha value is -2.31. The molecule has 1 heterocycles. The van der Waals surface area contributed by atoms with Gasteiger partial charge in [0.25, 0.3) is 11.8 Å². The number of anilines is 1. The predicted molar refractivity (Wildman–Crippen MR) is 86.4 cm³/mol. The fraction of sp³-hybridized carbons (Fsp3) is 0.133. The second kappa shape index (κ2) is 6.44. The molecule has 23 heavy (non-hydrogen) atoms. The van der Waals surface area contributed by atoms with Crippen LogP contribution in [0.2, 0.25) is 10.0 Å². The standard InChI is InChI=1S/C15H12Cl2N2O4/c1-6(20)11-7(2)23-15(12(11)13(18)21)19-14(22)8-3-4-9(16)10(17)5-8/h3-5H,1-2H3,(H2,18,21)(H,19,22). The number of halogens is 2. The fourth-order valence-electron chi connectivity index (χ4n) is 2.10. The molecule has 0 atom stereocenters. The minimum absolute atomic E-state index is 0.0435. The van der Waals surface area contributed by atoms with E-state index >= 15 is 0 Å². The van der Waals surface area contributed by atoms with E-state index in [0.717, 1.165) is 0 Å². The molecule has 2 amide bonds. The third-order valence-corrected chi connectivity index (χ3v) is 3.83. The molecule has 120 valence electrons. The van der Waals surface area contributed by atoms with Crippen molar-refractivity contribution in [3.63, 3.8) is 0 Å². The van der Waals surface area contributed by atoms with Crippen LogP contribution < -0.4 is 11.1 Å². The lowest BCUT2D eigenvalue weighted by molar-refractivity contribution is 0.0974. The smallest absolute Gasteiger partial charge is 0.258 e. The molecular weight excluding hydrogens is 343 g/mol. The molecular formula is C15H12Cl2N2O4. The lowest BCUT2D eigenvalue weighted by atomic mass is 10.1. The predicted octanol–water partition coefficient (Wildman–Crippen LogP) is 3.45. The van der Waals surface area contributed by atoms with Gasteiger partial charge < -0.3 is 10.2 Å². The van der Waals surface area contributed by atoms with Crippen LogP contribution in [0.15, 0.2) is 22.6 Å². The molecule has 0 saturated carbocycles. The molecule has 8 heteroatoms. The highest BCUT2D eigenvalue weighted by Gasteiger charge is 2.26. The zero-order valence-corrected chi connectivity index (χ0v) is 13.7. The van der Waals surface area contributed by atoms with Crippen LogP contribution in [0.3, 0.4) is 0 Å². The minimum atomic E-state index is -0.878. The quantitative estimate of drug-likeness (QED) is 0.820. The molecule has 0 aliphatic rings. The van der Waals surface area contributed by atoms with Crippen LogP contribution in [0, 0.1) is 6.92 Å². The van der Waals surface area contributed by atoms with Gasteiger partial charge in [-0.05, 0) is 32.0 Å². The van der Waals surface area contributed by atoms with Crippen LogP contribution in [-0.4, -0.2) is 17.6 Å². The number of amides is 2. The van der Waals surface area contributed by atoms with Gasteiger partial charge in [0, 0.05) is 5.56 Å². The Balaban J connectivity index is 2.41. The summed E-state index contributed by atoms with van der Waals surface area (Å²) >= 11 is 11.6. The highest BCUT2D eigenvalue weighted by molar-refractivity contribution is 6.42. The van der Waals surface area contributed by atoms with Gasteiger partial charge in [0.1, 0.15) is 11.3 Å². The Morgan fingerprint density at radius 3 is 2.30 bits per heavy atom. The number of Topliss-reactive ketones (excluding diaryl/α,β-unsaturated/α-hetero) is 1. The maximum absolute atomic E-state index is 12.2. The Labute approximate surface area is 141 Å². The molecule has 0 aliphatic carbocycles. The van der Waals surface area contributed by atoms with Crippen molar-refractivity contribution < 1.29 is 18.8 Å². The van der Waals surface area contributed by atoms with Crippen LogP contribution in [0.4, 0.5) is 5.88 Å². The normalized spacial score (nSPS) is 10.4. The number of rotatable bonds is 4. The summed E-state index contributed by atoms with van der Waals surface area (Å²) in [6.45, 7) is 2.77. The molecule has 0 radical (unpaired) electrons. The third kappa shape index (κ3) is 3.38. The SMILES string of the molecule is CC(=O)c1c(C)oc(NC(=O)c2ccc(Cl)c(Cl)c2)c1C(N)=O. The Kier molecular flexibility index (Phi) is 4.77. The first-order valence-electron chi connectivity index (χ1n) is 6.43. The molecule has 0 unspecified atom stereocenters. The zero-order chi connectivity index (χ0) is 17.3. The van der Waals surface area contributed by atoms with Crippen molar-refractivity contribution in [3.8, 4) is 0 Å². The molecule has 0 spiro atoms. The molecule has 1 aromatic heterocycles. The number of nitrogens with two attached hydrogens (primary N) is 1. The molecule has 2 aromatic rings. The summed E-state index contributed by atoms with van der Waals surface area (Å²) in [5, 5.41) is 2.91. The third-order valence-electron chi connectivity index (χ3n) is 3.09. The van der Waals surface area contributed by atoms with Crippen LogP contribution in [0.1, 0.15) is 43.8 Å². The van der Waals surface area contributed by atoms with Crippen LogP contribution in [0.5, 0.6) is 0 Å². The molecule has 0 saturated heterocycles. The number of hydrogen-bond donors (Lipinski definition) is 2. The number of benzene rings is 1. The second-order valence-corrected chi connectivity index (χ2v) is 5.56. The van der Waals surface area contributed by atoms with Gasteiger partial charge in [-0.2, -0.15) is 0 Å². The van der Waals surface area contributed by atoms with E-state index in [1.165, 1.54) is 32.0 Å². The number of nitrogens with one attached hydrogen (secondary N) is 1. The van der Waals surface area contributed by atoms with Crippen molar-refractivity contribution in [3.05, 3.63) is 50.7 Å². The number of carbonyl (C=O) groups is 3. The summed E-state index contributed by atoms with van der Waals surface area (Å²) in [4.78, 5) is 35.5. The number of primary amides is 1. The molecule has 2 rings (SSSR count). The highest BCUT2D eigenvalue weighted by Crippen LogP contribution is 2.28. The average Bonchev–Trinajstić information content (AvgIpc) is 2.78. The number of ketones is 1. The largest absolute Gasteiger partial charge is 0.444 e. The lowest BCUT2D eigenvalue weighted by Gasteiger charge is -2.05. The maximum atomic E-state index is 12.2. The summed E-state index contributed by atoms with van der Waals surface area (Å²) in [7, 11) is 0. The van der Waals surface area contributed by atoms with E-state index in [0.29, 0.717) is 5.02 Å². The molecule has 0 aliphatic heterocycles. The van der Waals surface area contributed by atoms with Crippen molar-refractivity contribution in [1.82, 2.24) is 0 Å². The van der Waals surface area contributed by atoms with Gasteiger partial charge in [0.05, 0.1) is 15.6 Å². The van der Waals surface area contributed by atoms with Gasteiger partial charge in [-0.3, -0.25) is 19.7 Å². The van der Waals surface area contributed by atoms with Crippen LogP contribution in [-0.2, 0) is 0 Å². The van der Waals surface area contributed by atoms with Gasteiger partial charge in [-0.15, -0.1) is 0 Å². The van der Waals surface area contributed by atoms with Gasteiger partial charge in [-0.25, -0.2) is 0 Å². The summed E-state index contributed by atoms with van der Waals surface area (Å²) < 4.78 is 5.30. The molecule has 0 bridgehead atoms. The van der Waals surface area contributed by atoms with E-state index in [1.54, 1.807) is 0 Å². The topological polar surface area (TPSA) is 102 Å². The summed E-state index contributed by atoms with van der Waals surface area (Å²) in [6, 6.07) is 4.28. The van der Waals surface area contributed by atoms with Gasteiger partial charge in [0.15, 0.2) is 5.78 Å². The van der Waals surface area contributed by atoms with E-state index < -0.39 is 17.6 Å². The number of aryl methyl sites for hydroxylation is 1. The average molecular weight is 355 g/mol. The van der Waals surface area contributed by atoms with Gasteiger partial charge in [-0.1, -0.05) is 23.2 Å². The Morgan fingerprint density at radius 1 is 1.13 bits per heavy atom. The monoisotopic (exact) mass is 354 g/mol. The maximum Gasteiger partial charge on any atom is 0.258 e. The number of carbonyl (C=O) groups excluding carboxylic acids is 3. The lowest BCUT2D eigenvalue weighted by Crippen LogP contribution is -2.19. The van der Waals surface area contributed by atoms with E-state index in [-0.39, 0.29) is 33.4 Å². The van der Waals surface area contributed by atoms with Crippen LogP contribution in [0.25, 0.3) is 0 Å². The molecule has 1 aromatic carbocycles. The summed E-state index contributed by atoms with van der Waals surface area (Å²) in [5.74, 6) is -1.85. The van der Waals surface area contributed by atoms with Crippen molar-refractivity contribution in [1.29, 1.82) is 0 Å². The summed E-state index contributed by atoms with van der Waals surface area (Å²) in [5.41, 5.74) is 5.37. The molecule has 6 nitrogen and oxygen atoms in total. The van der Waals surface area contributed by atoms with Crippen molar-refractivity contribution in [2.24, 2.45) is 5.73 Å². The first kappa shape index (κ1) is 17.1. The summed E-state index contributed by atoms with van der Waals surface area (Å²) in [6.07, 6.45) is 0. The molecule has 0 fully saturated rings. The van der Waals surface area contributed by atoms with Crippen molar-refractivity contribution >= 4 is 46.7 Å². The molecule has 3 N–H and O–H groups in total. The Bertz CT molecular complexity index is 827. The first-order valence-corrected chi connectivity index (χ1v) is 7.18. The first-order chi connectivity index (χ1) is 10.7. The van der Waals surface area contributed by atoms with Crippen molar-refractivity contribution in [2.75, 3.05) is 5.32 Å². The van der Waals surface area contributed by atoms with E-state index in [9.17, 15) is 14.4 Å². The van der Waals surface area contributed by atoms with Crippen molar-refractivity contribution in [2.45, 2.75) is 13.8 Å². The highest BCUT2D eigenvalue weighted by atomic mass is 35.5.